The van der Waals surface area contributed by atoms with Crippen LogP contribution in [0.5, 0.6) is 5.75 Å². The Morgan fingerprint density at radius 3 is 2.00 bits per heavy atom. The maximum Gasteiger partial charge on any atom is 0.242 e. The van der Waals surface area contributed by atoms with E-state index < -0.39 is 24.7 Å². The van der Waals surface area contributed by atoms with Crippen molar-refractivity contribution in [1.29, 1.82) is 0 Å². The van der Waals surface area contributed by atoms with Gasteiger partial charge in [-0.25, -0.2) is 0 Å². The summed E-state index contributed by atoms with van der Waals surface area (Å²) in [7, 11) is -2.18. The molecule has 0 saturated carbocycles. The molecule has 3 rings (SSSR count). The smallest absolute Gasteiger partial charge is 0.242 e. The third kappa shape index (κ3) is 11.1. The van der Waals surface area contributed by atoms with Gasteiger partial charge in [0.15, 0.2) is 0 Å². The molecule has 2 amide bonds. The SMILES string of the molecule is CNC(=O)[C@@H](NC(=O)[C@H](CCCCOc1ccccc1)CP(=O)(O)Cc1ccc(Cc2ccccc2)cc1)C(C)(C)C. The van der Waals surface area contributed by atoms with Crippen LogP contribution < -0.4 is 15.4 Å². The van der Waals surface area contributed by atoms with Crippen molar-refractivity contribution in [2.24, 2.45) is 11.3 Å². The van der Waals surface area contributed by atoms with Gasteiger partial charge in [0.1, 0.15) is 11.8 Å². The normalized spacial score (nSPS) is 14.3. The number of para-hydroxylation sites is 1. The van der Waals surface area contributed by atoms with Crippen LogP contribution in [-0.2, 0) is 26.7 Å². The highest BCUT2D eigenvalue weighted by atomic mass is 31.2. The lowest BCUT2D eigenvalue weighted by Crippen LogP contribution is -2.54. The van der Waals surface area contributed by atoms with Crippen LogP contribution in [0.1, 0.15) is 56.7 Å². The predicted octanol–water partition coefficient (Wildman–Crippen LogP) is 6.19. The number of ether oxygens (including phenoxy) is 1. The van der Waals surface area contributed by atoms with Gasteiger partial charge >= 0.3 is 0 Å². The van der Waals surface area contributed by atoms with E-state index in [9.17, 15) is 19.0 Å². The quantitative estimate of drug-likeness (QED) is 0.144. The highest BCUT2D eigenvalue weighted by Crippen LogP contribution is 2.47. The second-order valence-electron chi connectivity index (χ2n) is 11.9. The summed E-state index contributed by atoms with van der Waals surface area (Å²) < 4.78 is 19.3. The number of amides is 2. The molecule has 0 heterocycles. The second kappa shape index (κ2) is 15.7. The number of carbonyl (C=O) groups is 2. The number of hydrogen-bond acceptors (Lipinski definition) is 4. The number of hydrogen-bond donors (Lipinski definition) is 3. The average molecular weight is 593 g/mol. The Morgan fingerprint density at radius 1 is 0.833 bits per heavy atom. The number of benzene rings is 3. The summed E-state index contributed by atoms with van der Waals surface area (Å²) in [6.45, 7) is 6.11. The molecule has 3 N–H and O–H groups in total. The lowest BCUT2D eigenvalue weighted by atomic mass is 9.85. The van der Waals surface area contributed by atoms with Crippen molar-refractivity contribution in [3.8, 4) is 5.75 Å². The van der Waals surface area contributed by atoms with Crippen molar-refractivity contribution in [1.82, 2.24) is 10.6 Å². The molecule has 226 valence electrons. The van der Waals surface area contributed by atoms with E-state index in [4.69, 9.17) is 4.74 Å². The number of likely N-dealkylation sites (N-methyl/N-ethyl adjacent to an activating group) is 1. The van der Waals surface area contributed by atoms with E-state index >= 15 is 0 Å². The molecule has 0 fully saturated rings. The molecule has 0 saturated heterocycles. The Kier molecular flexibility index (Phi) is 12.4. The summed E-state index contributed by atoms with van der Waals surface area (Å²) in [6.07, 6.45) is 2.35. The van der Waals surface area contributed by atoms with Crippen LogP contribution in [0.25, 0.3) is 0 Å². The van der Waals surface area contributed by atoms with Gasteiger partial charge in [-0.3, -0.25) is 14.2 Å². The van der Waals surface area contributed by atoms with Gasteiger partial charge < -0.3 is 20.3 Å². The molecule has 0 aromatic heterocycles. The summed E-state index contributed by atoms with van der Waals surface area (Å²) in [5.41, 5.74) is 2.54. The maximum absolute atomic E-state index is 13.5. The highest BCUT2D eigenvalue weighted by molar-refractivity contribution is 7.57. The minimum Gasteiger partial charge on any atom is -0.494 e. The third-order valence-corrected chi connectivity index (χ3v) is 9.07. The van der Waals surface area contributed by atoms with Crippen molar-refractivity contribution in [3.05, 3.63) is 102 Å². The van der Waals surface area contributed by atoms with Crippen molar-refractivity contribution < 1.29 is 23.8 Å². The van der Waals surface area contributed by atoms with Crippen LogP contribution in [0.3, 0.4) is 0 Å². The Morgan fingerprint density at radius 2 is 1.40 bits per heavy atom. The fourth-order valence-corrected chi connectivity index (χ4v) is 6.82. The van der Waals surface area contributed by atoms with E-state index in [1.54, 1.807) is 0 Å². The fraction of sp³-hybridized carbons (Fsp3) is 0.412. The van der Waals surface area contributed by atoms with Crippen LogP contribution in [0.4, 0.5) is 0 Å². The van der Waals surface area contributed by atoms with E-state index in [0.29, 0.717) is 25.9 Å². The Hall–Kier alpha value is -3.41. The molecule has 0 aliphatic carbocycles. The van der Waals surface area contributed by atoms with Gasteiger partial charge in [0, 0.05) is 25.3 Å². The third-order valence-electron chi connectivity index (χ3n) is 7.20. The molecule has 0 aliphatic heterocycles. The lowest BCUT2D eigenvalue weighted by Gasteiger charge is -2.31. The molecule has 0 bridgehead atoms. The minimum atomic E-state index is -3.72. The van der Waals surface area contributed by atoms with Gasteiger partial charge in [-0.2, -0.15) is 0 Å². The van der Waals surface area contributed by atoms with Crippen LogP contribution in [0, 0.1) is 11.3 Å². The number of rotatable bonds is 15. The molecule has 7 nitrogen and oxygen atoms in total. The van der Waals surface area contributed by atoms with Crippen LogP contribution in [0.2, 0.25) is 0 Å². The van der Waals surface area contributed by atoms with Crippen molar-refractivity contribution >= 4 is 19.2 Å². The van der Waals surface area contributed by atoms with E-state index in [0.717, 1.165) is 23.3 Å². The molecular weight excluding hydrogens is 547 g/mol. The van der Waals surface area contributed by atoms with Crippen LogP contribution in [0.15, 0.2) is 84.9 Å². The summed E-state index contributed by atoms with van der Waals surface area (Å²) in [5, 5.41) is 5.49. The molecule has 3 atom stereocenters. The second-order valence-corrected chi connectivity index (χ2v) is 14.3. The van der Waals surface area contributed by atoms with Crippen molar-refractivity contribution in [2.45, 2.75) is 58.7 Å². The monoisotopic (exact) mass is 592 g/mol. The van der Waals surface area contributed by atoms with E-state index in [-0.39, 0.29) is 24.1 Å². The summed E-state index contributed by atoms with van der Waals surface area (Å²) in [5.74, 6) is -0.618. The Balaban J connectivity index is 1.66. The number of carbonyl (C=O) groups excluding carboxylic acids is 2. The highest BCUT2D eigenvalue weighted by Gasteiger charge is 2.36. The zero-order valence-electron chi connectivity index (χ0n) is 25.2. The Bertz CT molecular complexity index is 1310. The number of nitrogens with one attached hydrogen (secondary N) is 2. The molecule has 0 spiro atoms. The molecule has 0 aliphatic rings. The first-order valence-corrected chi connectivity index (χ1v) is 16.6. The lowest BCUT2D eigenvalue weighted by molar-refractivity contribution is -0.133. The van der Waals surface area contributed by atoms with E-state index in [2.05, 4.69) is 22.8 Å². The predicted molar refractivity (Wildman–Crippen MR) is 169 cm³/mol. The van der Waals surface area contributed by atoms with Crippen LogP contribution >= 0.6 is 7.37 Å². The largest absolute Gasteiger partial charge is 0.494 e. The minimum absolute atomic E-state index is 0.0162. The van der Waals surface area contributed by atoms with E-state index in [1.165, 1.54) is 12.6 Å². The molecule has 1 unspecified atom stereocenters. The standard InChI is InChI=1S/C34H45N2O5P/c1-34(2,3)31(33(38)35-4)36-32(37)29(15-11-12-22-41-30-16-9-6-10-17-30)25-42(39,40)24-28-20-18-27(19-21-28)23-26-13-7-5-8-14-26/h5-10,13-14,16-21,29,31H,11-12,15,22-25H2,1-4H3,(H,35,38)(H,36,37)(H,39,40)/t29-,31-/m1/s1. The van der Waals surface area contributed by atoms with Crippen molar-refractivity contribution in [3.63, 3.8) is 0 Å². The summed E-state index contributed by atoms with van der Waals surface area (Å²) in [6, 6.07) is 26.6. The van der Waals surface area contributed by atoms with Crippen molar-refractivity contribution in [2.75, 3.05) is 19.8 Å². The fourth-order valence-electron chi connectivity index (χ4n) is 4.87. The van der Waals surface area contributed by atoms with Gasteiger partial charge in [-0.05, 0) is 59.9 Å². The Labute approximate surface area is 250 Å². The van der Waals surface area contributed by atoms with Gasteiger partial charge in [-0.15, -0.1) is 0 Å². The molecule has 0 radical (unpaired) electrons. The summed E-state index contributed by atoms with van der Waals surface area (Å²) >= 11 is 0. The summed E-state index contributed by atoms with van der Waals surface area (Å²) in [4.78, 5) is 37.1. The zero-order valence-corrected chi connectivity index (χ0v) is 26.1. The van der Waals surface area contributed by atoms with Crippen LogP contribution in [-0.4, -0.2) is 42.6 Å². The van der Waals surface area contributed by atoms with Gasteiger partial charge in [0.25, 0.3) is 0 Å². The molecular formula is C34H45N2O5P. The zero-order chi connectivity index (χ0) is 30.6. The first-order valence-electron chi connectivity index (χ1n) is 14.6. The van der Waals surface area contributed by atoms with E-state index in [1.807, 2.05) is 93.6 Å². The van der Waals surface area contributed by atoms with Gasteiger partial charge in [0.2, 0.25) is 19.2 Å². The van der Waals surface area contributed by atoms with Gasteiger partial charge in [0.05, 0.1) is 6.61 Å². The molecule has 3 aromatic rings. The maximum atomic E-state index is 13.5. The average Bonchev–Trinajstić information content (AvgIpc) is 2.96. The topological polar surface area (TPSA) is 105 Å². The molecule has 3 aromatic carbocycles. The first kappa shape index (κ1) is 33.1. The number of unbranched alkanes of at least 4 members (excludes halogenated alkanes) is 1. The molecule has 8 heteroatoms. The van der Waals surface area contributed by atoms with Gasteiger partial charge in [-0.1, -0.05) is 93.6 Å². The first-order chi connectivity index (χ1) is 20.0. The molecule has 42 heavy (non-hydrogen) atoms.